The first-order chi connectivity index (χ1) is 14.7. The highest BCUT2D eigenvalue weighted by Gasteiger charge is 2.13. The van der Waals surface area contributed by atoms with Crippen LogP contribution in [0.5, 0.6) is 0 Å². The molecule has 0 unspecified atom stereocenters. The molecule has 0 aliphatic heterocycles. The van der Waals surface area contributed by atoms with Crippen molar-refractivity contribution in [3.05, 3.63) is 107 Å². The largest absolute Gasteiger partial charge is 0.422 e. The zero-order valence-corrected chi connectivity index (χ0v) is 15.8. The summed E-state index contributed by atoms with van der Waals surface area (Å²) in [7, 11) is 0. The van der Waals surface area contributed by atoms with E-state index in [1.54, 1.807) is 42.6 Å². The van der Waals surface area contributed by atoms with Crippen molar-refractivity contribution in [2.75, 3.05) is 5.32 Å². The lowest BCUT2D eigenvalue weighted by Crippen LogP contribution is -2.13. The number of hydrogen-bond acceptors (Lipinski definition) is 4. The molecule has 3 aromatic carbocycles. The summed E-state index contributed by atoms with van der Waals surface area (Å²) in [5, 5.41) is 4.69. The van der Waals surface area contributed by atoms with E-state index in [1.807, 2.05) is 48.5 Å². The molecule has 2 aromatic heterocycles. The summed E-state index contributed by atoms with van der Waals surface area (Å²) >= 11 is 0. The number of pyridine rings is 1. The lowest BCUT2D eigenvalue weighted by molar-refractivity contribution is 0.102. The summed E-state index contributed by atoms with van der Waals surface area (Å²) in [6.07, 6.45) is 1.69. The Balaban J connectivity index is 1.51. The number of amides is 1. The fraction of sp³-hybridized carbons (Fsp3) is 0. The number of anilines is 1. The van der Waals surface area contributed by atoms with Gasteiger partial charge in [0.1, 0.15) is 5.58 Å². The second-order valence-electron chi connectivity index (χ2n) is 6.90. The summed E-state index contributed by atoms with van der Waals surface area (Å²) in [6, 6.07) is 25.5. The van der Waals surface area contributed by atoms with Gasteiger partial charge in [0.15, 0.2) is 0 Å². The number of benzene rings is 3. The van der Waals surface area contributed by atoms with Crippen molar-refractivity contribution in [3.63, 3.8) is 0 Å². The number of rotatable bonds is 3. The molecule has 0 saturated carbocycles. The number of para-hydroxylation sites is 2. The third kappa shape index (κ3) is 3.22. The number of hydrogen-bond donors (Lipinski definition) is 1. The third-order valence-electron chi connectivity index (χ3n) is 4.96. The molecule has 0 aliphatic carbocycles. The molecule has 0 spiro atoms. The minimum atomic E-state index is -0.440. The van der Waals surface area contributed by atoms with Crippen LogP contribution in [0.3, 0.4) is 0 Å². The van der Waals surface area contributed by atoms with E-state index in [0.717, 1.165) is 16.3 Å². The fourth-order valence-electron chi connectivity index (χ4n) is 3.49. The van der Waals surface area contributed by atoms with Gasteiger partial charge in [0.05, 0.1) is 16.8 Å². The first kappa shape index (κ1) is 17.8. The minimum Gasteiger partial charge on any atom is -0.422 e. The van der Waals surface area contributed by atoms with Gasteiger partial charge in [-0.3, -0.25) is 9.78 Å². The minimum absolute atomic E-state index is 0.278. The molecule has 0 radical (unpaired) electrons. The van der Waals surface area contributed by atoms with Crippen molar-refractivity contribution >= 4 is 33.5 Å². The van der Waals surface area contributed by atoms with E-state index in [4.69, 9.17) is 4.42 Å². The monoisotopic (exact) mass is 392 g/mol. The average molecular weight is 392 g/mol. The lowest BCUT2D eigenvalue weighted by Gasteiger charge is -2.09. The van der Waals surface area contributed by atoms with Crippen LogP contribution in [-0.4, -0.2) is 10.9 Å². The number of aromatic nitrogens is 1. The predicted molar refractivity (Wildman–Crippen MR) is 118 cm³/mol. The van der Waals surface area contributed by atoms with Crippen LogP contribution in [0, 0.1) is 0 Å². The molecule has 0 aliphatic rings. The van der Waals surface area contributed by atoms with E-state index in [-0.39, 0.29) is 5.91 Å². The van der Waals surface area contributed by atoms with Crippen LogP contribution in [0.2, 0.25) is 0 Å². The van der Waals surface area contributed by atoms with Crippen LogP contribution in [-0.2, 0) is 0 Å². The molecule has 0 fully saturated rings. The summed E-state index contributed by atoms with van der Waals surface area (Å²) in [5.74, 6) is -0.278. The number of carbonyl (C=O) groups is 1. The van der Waals surface area contributed by atoms with E-state index in [9.17, 15) is 9.59 Å². The van der Waals surface area contributed by atoms with Gasteiger partial charge in [-0.25, -0.2) is 4.79 Å². The Morgan fingerprint density at radius 1 is 0.833 bits per heavy atom. The molecule has 5 nitrogen and oxygen atoms in total. The maximum atomic E-state index is 12.9. The lowest BCUT2D eigenvalue weighted by atomic mass is 10.0. The quantitative estimate of drug-likeness (QED) is 0.425. The molecule has 0 saturated heterocycles. The van der Waals surface area contributed by atoms with E-state index in [0.29, 0.717) is 28.0 Å². The molecule has 5 heteroatoms. The Hall–Kier alpha value is -4.25. The van der Waals surface area contributed by atoms with Crippen molar-refractivity contribution in [1.82, 2.24) is 4.98 Å². The third-order valence-corrected chi connectivity index (χ3v) is 4.96. The van der Waals surface area contributed by atoms with Gasteiger partial charge >= 0.3 is 5.63 Å². The molecule has 144 valence electrons. The molecule has 5 rings (SSSR count). The average Bonchev–Trinajstić information content (AvgIpc) is 2.79. The number of nitrogens with zero attached hydrogens (tertiary/aromatic N) is 1. The highest BCUT2D eigenvalue weighted by Crippen LogP contribution is 2.24. The number of fused-ring (bicyclic) bond motifs is 2. The fourth-order valence-corrected chi connectivity index (χ4v) is 3.49. The number of carbonyl (C=O) groups excluding carboxylic acids is 1. The van der Waals surface area contributed by atoms with Crippen molar-refractivity contribution in [2.45, 2.75) is 0 Å². The molecule has 2 heterocycles. The maximum absolute atomic E-state index is 12.9. The molecular formula is C25H16N2O3. The van der Waals surface area contributed by atoms with Crippen molar-refractivity contribution in [3.8, 4) is 11.1 Å². The van der Waals surface area contributed by atoms with E-state index < -0.39 is 5.63 Å². The Bertz CT molecular complexity index is 1470. The van der Waals surface area contributed by atoms with Gasteiger partial charge in [0.25, 0.3) is 5.91 Å². The van der Waals surface area contributed by atoms with Crippen LogP contribution in [0.4, 0.5) is 5.69 Å². The zero-order valence-electron chi connectivity index (χ0n) is 15.8. The Kier molecular flexibility index (Phi) is 4.33. The van der Waals surface area contributed by atoms with Gasteiger partial charge in [-0.1, -0.05) is 48.5 Å². The summed E-state index contributed by atoms with van der Waals surface area (Å²) in [5.41, 5.74) is 2.92. The molecule has 0 bridgehead atoms. The topological polar surface area (TPSA) is 72.2 Å². The van der Waals surface area contributed by atoms with E-state index in [2.05, 4.69) is 10.3 Å². The normalized spacial score (nSPS) is 10.9. The summed E-state index contributed by atoms with van der Waals surface area (Å²) < 4.78 is 5.43. The molecule has 30 heavy (non-hydrogen) atoms. The Morgan fingerprint density at radius 3 is 2.57 bits per heavy atom. The van der Waals surface area contributed by atoms with E-state index >= 15 is 0 Å². The standard InChI is InChI=1S/C25H16N2O3/c28-24(27-21-11-4-7-16-10-5-13-26-23(16)21)19-9-3-8-17(14-19)20-15-18-6-1-2-12-22(18)30-25(20)29/h1-15H,(H,27,28). The van der Waals surface area contributed by atoms with Crippen molar-refractivity contribution in [2.24, 2.45) is 0 Å². The van der Waals surface area contributed by atoms with Crippen LogP contribution >= 0.6 is 0 Å². The summed E-state index contributed by atoms with van der Waals surface area (Å²) in [4.78, 5) is 29.7. The van der Waals surface area contributed by atoms with Gasteiger partial charge < -0.3 is 9.73 Å². The smallest absolute Gasteiger partial charge is 0.344 e. The van der Waals surface area contributed by atoms with Crippen LogP contribution in [0.15, 0.2) is 100 Å². The first-order valence-electron chi connectivity index (χ1n) is 9.47. The van der Waals surface area contributed by atoms with Gasteiger partial charge in [0, 0.05) is 22.5 Å². The predicted octanol–water partition coefficient (Wildman–Crippen LogP) is 5.26. The highest BCUT2D eigenvalue weighted by molar-refractivity contribution is 6.08. The van der Waals surface area contributed by atoms with Gasteiger partial charge in [-0.15, -0.1) is 0 Å². The molecule has 0 atom stereocenters. The van der Waals surface area contributed by atoms with Crippen LogP contribution in [0.1, 0.15) is 10.4 Å². The van der Waals surface area contributed by atoms with Crippen LogP contribution in [0.25, 0.3) is 33.0 Å². The number of nitrogens with one attached hydrogen (secondary N) is 1. The zero-order chi connectivity index (χ0) is 20.5. The van der Waals surface area contributed by atoms with E-state index in [1.165, 1.54) is 0 Å². The van der Waals surface area contributed by atoms with Gasteiger partial charge in [0.2, 0.25) is 0 Å². The second kappa shape index (κ2) is 7.29. The molecule has 1 N–H and O–H groups in total. The summed E-state index contributed by atoms with van der Waals surface area (Å²) in [6.45, 7) is 0. The SMILES string of the molecule is O=C(Nc1cccc2cccnc12)c1cccc(-c2cc3ccccc3oc2=O)c1. The highest BCUT2D eigenvalue weighted by atomic mass is 16.4. The van der Waals surface area contributed by atoms with Gasteiger partial charge in [-0.2, -0.15) is 0 Å². The first-order valence-corrected chi connectivity index (χ1v) is 9.47. The van der Waals surface area contributed by atoms with Crippen molar-refractivity contribution in [1.29, 1.82) is 0 Å². The van der Waals surface area contributed by atoms with Crippen LogP contribution < -0.4 is 10.9 Å². The second-order valence-corrected chi connectivity index (χ2v) is 6.90. The van der Waals surface area contributed by atoms with Gasteiger partial charge in [-0.05, 0) is 42.0 Å². The molecule has 5 aromatic rings. The van der Waals surface area contributed by atoms with Crippen molar-refractivity contribution < 1.29 is 9.21 Å². The Labute approximate surface area is 171 Å². The Morgan fingerprint density at radius 2 is 1.63 bits per heavy atom. The maximum Gasteiger partial charge on any atom is 0.344 e. The molecule has 1 amide bonds. The molecular weight excluding hydrogens is 376 g/mol.